The summed E-state index contributed by atoms with van der Waals surface area (Å²) in [7, 11) is 0. The van der Waals surface area contributed by atoms with Crippen molar-refractivity contribution in [2.75, 3.05) is 6.54 Å². The summed E-state index contributed by atoms with van der Waals surface area (Å²) in [5, 5.41) is 9.23. The molecule has 2 N–H and O–H groups in total. The van der Waals surface area contributed by atoms with Crippen molar-refractivity contribution in [2.24, 2.45) is 0 Å². The maximum absolute atomic E-state index is 13.3. The first kappa shape index (κ1) is 11.3. The minimum Gasteiger partial charge on any atom is -0.352 e. The molecule has 1 amide bonds. The number of nitrogens with zero attached hydrogens (tertiary/aromatic N) is 1. The van der Waals surface area contributed by atoms with Crippen molar-refractivity contribution in [3.63, 3.8) is 0 Å². The van der Waals surface area contributed by atoms with Gasteiger partial charge in [-0.1, -0.05) is 12.1 Å². The van der Waals surface area contributed by atoms with Gasteiger partial charge in [-0.25, -0.2) is 4.39 Å². The highest BCUT2D eigenvalue weighted by atomic mass is 19.1. The Morgan fingerprint density at radius 2 is 2.18 bits per heavy atom. The van der Waals surface area contributed by atoms with Crippen LogP contribution in [0.4, 0.5) is 4.39 Å². The van der Waals surface area contributed by atoms with Crippen molar-refractivity contribution >= 4 is 5.91 Å². The summed E-state index contributed by atoms with van der Waals surface area (Å²) in [6.45, 7) is 0.440. The van der Waals surface area contributed by atoms with E-state index in [9.17, 15) is 9.18 Å². The number of aromatic nitrogens is 2. The van der Waals surface area contributed by atoms with E-state index in [1.807, 2.05) is 6.07 Å². The van der Waals surface area contributed by atoms with Crippen LogP contribution < -0.4 is 5.32 Å². The number of carbonyl (C=O) groups is 1. The number of aromatic amines is 1. The van der Waals surface area contributed by atoms with E-state index in [2.05, 4.69) is 15.5 Å². The number of halogens is 1. The Balaban J connectivity index is 1.88. The predicted octanol–water partition coefficient (Wildman–Crippen LogP) is 1.52. The van der Waals surface area contributed by atoms with E-state index in [0.717, 1.165) is 5.69 Å². The van der Waals surface area contributed by atoms with Crippen molar-refractivity contribution in [3.8, 4) is 0 Å². The Hall–Kier alpha value is -2.17. The Labute approximate surface area is 97.9 Å². The van der Waals surface area contributed by atoms with Crippen molar-refractivity contribution in [1.29, 1.82) is 0 Å². The molecule has 0 atom stereocenters. The topological polar surface area (TPSA) is 57.8 Å². The van der Waals surface area contributed by atoms with Gasteiger partial charge < -0.3 is 5.32 Å². The normalized spacial score (nSPS) is 10.2. The van der Waals surface area contributed by atoms with Gasteiger partial charge in [0.05, 0.1) is 5.56 Å². The Bertz CT molecular complexity index is 496. The smallest absolute Gasteiger partial charge is 0.254 e. The molecule has 0 aliphatic heterocycles. The van der Waals surface area contributed by atoms with Gasteiger partial charge in [-0.05, 0) is 18.2 Å². The van der Waals surface area contributed by atoms with Crippen LogP contribution in [0.25, 0.3) is 0 Å². The van der Waals surface area contributed by atoms with E-state index < -0.39 is 11.7 Å². The van der Waals surface area contributed by atoms with E-state index >= 15 is 0 Å². The fraction of sp³-hybridized carbons (Fsp3) is 0.167. The molecule has 5 heteroatoms. The second-order valence-corrected chi connectivity index (χ2v) is 3.57. The van der Waals surface area contributed by atoms with E-state index in [4.69, 9.17) is 0 Å². The molecule has 0 unspecified atom stereocenters. The van der Waals surface area contributed by atoms with Gasteiger partial charge >= 0.3 is 0 Å². The third kappa shape index (κ3) is 2.90. The highest BCUT2D eigenvalue weighted by molar-refractivity contribution is 5.94. The van der Waals surface area contributed by atoms with Crippen LogP contribution in [-0.4, -0.2) is 22.6 Å². The first-order valence-corrected chi connectivity index (χ1v) is 5.28. The van der Waals surface area contributed by atoms with Crippen LogP contribution in [0, 0.1) is 5.82 Å². The maximum Gasteiger partial charge on any atom is 0.254 e. The largest absolute Gasteiger partial charge is 0.352 e. The summed E-state index contributed by atoms with van der Waals surface area (Å²) in [4.78, 5) is 11.6. The molecular weight excluding hydrogens is 221 g/mol. The monoisotopic (exact) mass is 233 g/mol. The van der Waals surface area contributed by atoms with Crippen molar-refractivity contribution < 1.29 is 9.18 Å². The summed E-state index contributed by atoms with van der Waals surface area (Å²) < 4.78 is 13.3. The van der Waals surface area contributed by atoms with Gasteiger partial charge in [-0.3, -0.25) is 9.89 Å². The fourth-order valence-corrected chi connectivity index (χ4v) is 1.48. The third-order valence-electron chi connectivity index (χ3n) is 2.36. The molecule has 0 aliphatic rings. The van der Waals surface area contributed by atoms with Crippen molar-refractivity contribution in [2.45, 2.75) is 6.42 Å². The second-order valence-electron chi connectivity index (χ2n) is 3.57. The Morgan fingerprint density at radius 1 is 1.35 bits per heavy atom. The minimum absolute atomic E-state index is 0.0668. The number of nitrogens with one attached hydrogen (secondary N) is 2. The van der Waals surface area contributed by atoms with Crippen LogP contribution >= 0.6 is 0 Å². The molecule has 0 bridgehead atoms. The zero-order valence-electron chi connectivity index (χ0n) is 9.11. The molecular formula is C12H12FN3O. The molecule has 1 aromatic carbocycles. The number of hydrogen-bond acceptors (Lipinski definition) is 2. The summed E-state index contributed by atoms with van der Waals surface area (Å²) in [5.41, 5.74) is 0.996. The van der Waals surface area contributed by atoms with Gasteiger partial charge in [0, 0.05) is 24.9 Å². The lowest BCUT2D eigenvalue weighted by molar-refractivity contribution is 0.0950. The van der Waals surface area contributed by atoms with Gasteiger partial charge in [-0.2, -0.15) is 5.10 Å². The van der Waals surface area contributed by atoms with Crippen LogP contribution in [0.1, 0.15) is 16.1 Å². The maximum atomic E-state index is 13.3. The summed E-state index contributed by atoms with van der Waals surface area (Å²) in [6, 6.07) is 7.74. The average molecular weight is 233 g/mol. The first-order chi connectivity index (χ1) is 8.27. The van der Waals surface area contributed by atoms with E-state index in [0.29, 0.717) is 13.0 Å². The molecule has 88 valence electrons. The minimum atomic E-state index is -0.508. The van der Waals surface area contributed by atoms with Crippen LogP contribution in [-0.2, 0) is 6.42 Å². The summed E-state index contributed by atoms with van der Waals surface area (Å²) in [5.74, 6) is -0.908. The van der Waals surface area contributed by atoms with E-state index in [1.165, 1.54) is 12.1 Å². The fourth-order valence-electron chi connectivity index (χ4n) is 1.48. The van der Waals surface area contributed by atoms with Gasteiger partial charge in [0.2, 0.25) is 0 Å². The number of rotatable bonds is 4. The van der Waals surface area contributed by atoms with Crippen LogP contribution in [0.5, 0.6) is 0 Å². The standard InChI is InChI=1S/C12H12FN3O/c13-11-4-2-1-3-10(11)12(17)14-7-5-9-6-8-15-16-9/h1-4,6,8H,5,7H2,(H,14,17)(H,15,16). The first-order valence-electron chi connectivity index (χ1n) is 5.28. The summed E-state index contributed by atoms with van der Waals surface area (Å²) in [6.07, 6.45) is 2.29. The highest BCUT2D eigenvalue weighted by Gasteiger charge is 2.09. The second kappa shape index (κ2) is 5.25. The summed E-state index contributed by atoms with van der Waals surface area (Å²) >= 11 is 0. The molecule has 2 aromatic rings. The molecule has 17 heavy (non-hydrogen) atoms. The quantitative estimate of drug-likeness (QED) is 0.841. The molecule has 2 rings (SSSR count). The van der Waals surface area contributed by atoms with E-state index in [1.54, 1.807) is 18.3 Å². The lowest BCUT2D eigenvalue weighted by atomic mass is 10.2. The van der Waals surface area contributed by atoms with Gasteiger partial charge in [0.1, 0.15) is 5.82 Å². The Morgan fingerprint density at radius 3 is 2.88 bits per heavy atom. The molecule has 0 saturated carbocycles. The number of H-pyrrole nitrogens is 1. The number of benzene rings is 1. The SMILES string of the molecule is O=C(NCCc1ccn[nH]1)c1ccccc1F. The van der Waals surface area contributed by atoms with Crippen LogP contribution in [0.2, 0.25) is 0 Å². The predicted molar refractivity (Wildman–Crippen MR) is 61.0 cm³/mol. The molecule has 4 nitrogen and oxygen atoms in total. The highest BCUT2D eigenvalue weighted by Crippen LogP contribution is 2.05. The van der Waals surface area contributed by atoms with Gasteiger partial charge in [0.25, 0.3) is 5.91 Å². The number of carbonyl (C=O) groups excluding carboxylic acids is 1. The van der Waals surface area contributed by atoms with Crippen LogP contribution in [0.3, 0.4) is 0 Å². The van der Waals surface area contributed by atoms with Crippen molar-refractivity contribution in [1.82, 2.24) is 15.5 Å². The molecule has 1 heterocycles. The Kier molecular flexibility index (Phi) is 3.49. The number of hydrogen-bond donors (Lipinski definition) is 2. The van der Waals surface area contributed by atoms with Gasteiger partial charge in [-0.15, -0.1) is 0 Å². The molecule has 1 aromatic heterocycles. The number of amides is 1. The average Bonchev–Trinajstić information content (AvgIpc) is 2.82. The van der Waals surface area contributed by atoms with Crippen molar-refractivity contribution in [3.05, 3.63) is 53.6 Å². The molecule has 0 aliphatic carbocycles. The zero-order valence-corrected chi connectivity index (χ0v) is 9.11. The van der Waals surface area contributed by atoms with Crippen LogP contribution in [0.15, 0.2) is 36.5 Å². The molecule has 0 radical (unpaired) electrons. The lowest BCUT2D eigenvalue weighted by Gasteiger charge is -2.04. The zero-order chi connectivity index (χ0) is 12.1. The van der Waals surface area contributed by atoms with Gasteiger partial charge in [0.15, 0.2) is 0 Å². The third-order valence-corrected chi connectivity index (χ3v) is 2.36. The molecule has 0 saturated heterocycles. The molecule has 0 spiro atoms. The molecule has 0 fully saturated rings. The lowest BCUT2D eigenvalue weighted by Crippen LogP contribution is -2.26. The van der Waals surface area contributed by atoms with E-state index in [-0.39, 0.29) is 5.56 Å².